The van der Waals surface area contributed by atoms with Crippen LogP contribution in [0.25, 0.3) is 0 Å². The third-order valence-corrected chi connectivity index (χ3v) is 2.23. The summed E-state index contributed by atoms with van der Waals surface area (Å²) in [4.78, 5) is 16.2. The van der Waals surface area contributed by atoms with Gasteiger partial charge in [-0.3, -0.25) is 0 Å². The molecule has 0 aliphatic carbocycles. The van der Waals surface area contributed by atoms with Crippen molar-refractivity contribution in [2.24, 2.45) is 0 Å². The summed E-state index contributed by atoms with van der Waals surface area (Å²) in [6, 6.07) is 7.45. The molecule has 0 aliphatic rings. The lowest BCUT2D eigenvalue weighted by molar-refractivity contribution is -0.191. The monoisotopic (exact) mass is 286 g/mol. The number of hydrogen-bond acceptors (Lipinski definition) is 4. The zero-order chi connectivity index (χ0) is 14.9. The van der Waals surface area contributed by atoms with Gasteiger partial charge in [-0.25, -0.2) is 0 Å². The molecule has 0 spiro atoms. The second-order valence-electron chi connectivity index (χ2n) is 4.87. The van der Waals surface area contributed by atoms with Crippen molar-refractivity contribution in [3.8, 4) is 5.75 Å². The summed E-state index contributed by atoms with van der Waals surface area (Å²) < 4.78 is 11.3. The largest absolute Gasteiger partial charge is 0.487 e. The molecule has 4 nitrogen and oxygen atoms in total. The lowest BCUT2D eigenvalue weighted by Gasteiger charge is -2.23. The van der Waals surface area contributed by atoms with Gasteiger partial charge in [-0.05, 0) is 39.8 Å². The van der Waals surface area contributed by atoms with Gasteiger partial charge in [0.15, 0.2) is 0 Å². The highest BCUT2D eigenvalue weighted by Crippen LogP contribution is 2.24. The maximum absolute atomic E-state index is 8.12. The van der Waals surface area contributed by atoms with Gasteiger partial charge in [0.05, 0.1) is 17.2 Å². The van der Waals surface area contributed by atoms with Gasteiger partial charge in [0.2, 0.25) is 0 Å². The number of para-hydroxylation sites is 1. The molecule has 1 aromatic carbocycles. The maximum Gasteiger partial charge on any atom is 0.373 e. The van der Waals surface area contributed by atoms with Crippen LogP contribution in [0, 0.1) is 0 Å². The molecule has 0 aromatic heterocycles. The topological polar surface area (TPSA) is 52.6 Å². The molecule has 19 heavy (non-hydrogen) atoms. The third-order valence-electron chi connectivity index (χ3n) is 1.92. The Hall–Kier alpha value is -1.35. The molecule has 0 saturated carbocycles. The van der Waals surface area contributed by atoms with Crippen LogP contribution in [0.4, 0.5) is 0 Å². The van der Waals surface area contributed by atoms with Crippen molar-refractivity contribution in [1.82, 2.24) is 0 Å². The first kappa shape index (κ1) is 17.6. The average molecular weight is 287 g/mol. The zero-order valence-electron chi connectivity index (χ0n) is 11.6. The van der Waals surface area contributed by atoms with Crippen molar-refractivity contribution in [2.75, 3.05) is 6.61 Å². The van der Waals surface area contributed by atoms with Crippen molar-refractivity contribution in [2.45, 2.75) is 39.4 Å². The molecule has 0 heterocycles. The Kier molecular flexibility index (Phi) is 8.08. The second kappa shape index (κ2) is 8.70. The van der Waals surface area contributed by atoms with E-state index in [9.17, 15) is 0 Å². The van der Waals surface area contributed by atoms with Gasteiger partial charge in [-0.1, -0.05) is 23.7 Å². The average Bonchev–Trinajstić information content (AvgIpc) is 2.30. The van der Waals surface area contributed by atoms with E-state index >= 15 is 0 Å². The summed E-state index contributed by atoms with van der Waals surface area (Å²) in [5.41, 5.74) is -0.141. The molecule has 1 aromatic rings. The highest BCUT2D eigenvalue weighted by Gasteiger charge is 2.14. The van der Waals surface area contributed by atoms with E-state index in [2.05, 4.69) is 0 Å². The van der Waals surface area contributed by atoms with E-state index < -0.39 is 0 Å². The van der Waals surface area contributed by atoms with Crippen molar-refractivity contribution in [1.29, 1.82) is 0 Å². The molecule has 5 heteroatoms. The number of benzene rings is 1. The molecular weight excluding hydrogens is 268 g/mol. The Balaban J connectivity index is 0.000000982. The Morgan fingerprint density at radius 3 is 2.26 bits per heavy atom. The summed E-state index contributed by atoms with van der Waals surface area (Å²) >= 11 is 5.99. The summed E-state index contributed by atoms with van der Waals surface area (Å²) in [5, 5.41) is 0.630. The van der Waals surface area contributed by atoms with E-state index in [1.54, 1.807) is 0 Å². The molecule has 106 valence electrons. The highest BCUT2D eigenvalue weighted by molar-refractivity contribution is 6.32. The third kappa shape index (κ3) is 9.25. The lowest BCUT2D eigenvalue weighted by Crippen LogP contribution is -2.27. The standard InChI is InChI=1S/C13H19ClO2.CO2/c1-10(9-15-13(2,3)4)16-12-8-6-5-7-11(12)14;2-1-3/h5-8,10H,9H2,1-4H3;. The Morgan fingerprint density at radius 2 is 1.79 bits per heavy atom. The minimum absolute atomic E-state index is 0.0147. The molecule has 0 N–H and O–H groups in total. The maximum atomic E-state index is 8.12. The van der Waals surface area contributed by atoms with Gasteiger partial charge in [0.1, 0.15) is 11.9 Å². The first-order valence-electron chi connectivity index (χ1n) is 5.84. The molecule has 0 saturated heterocycles. The van der Waals surface area contributed by atoms with Crippen LogP contribution >= 0.6 is 11.6 Å². The minimum Gasteiger partial charge on any atom is -0.487 e. The molecule has 1 unspecified atom stereocenters. The smallest absolute Gasteiger partial charge is 0.373 e. The van der Waals surface area contributed by atoms with Crippen LogP contribution in [0.3, 0.4) is 0 Å². The fourth-order valence-corrected chi connectivity index (χ4v) is 1.34. The van der Waals surface area contributed by atoms with Crippen molar-refractivity contribution in [3.63, 3.8) is 0 Å². The van der Waals surface area contributed by atoms with Crippen LogP contribution in [0.15, 0.2) is 24.3 Å². The summed E-state index contributed by atoms with van der Waals surface area (Å²) in [6.07, 6.45) is 0.235. The van der Waals surface area contributed by atoms with Gasteiger partial charge in [-0.15, -0.1) is 0 Å². The van der Waals surface area contributed by atoms with Gasteiger partial charge >= 0.3 is 6.15 Å². The first-order chi connectivity index (χ1) is 8.80. The number of hydrogen-bond donors (Lipinski definition) is 0. The Labute approximate surface area is 118 Å². The fraction of sp³-hybridized carbons (Fsp3) is 0.500. The molecule has 0 radical (unpaired) electrons. The fourth-order valence-electron chi connectivity index (χ4n) is 1.16. The van der Waals surface area contributed by atoms with Gasteiger partial charge in [0.25, 0.3) is 0 Å². The zero-order valence-corrected chi connectivity index (χ0v) is 12.4. The van der Waals surface area contributed by atoms with Crippen LogP contribution < -0.4 is 4.74 Å². The van der Waals surface area contributed by atoms with Gasteiger partial charge < -0.3 is 9.47 Å². The SMILES string of the molecule is CC(COC(C)(C)C)Oc1ccccc1Cl.O=C=O. The van der Waals surface area contributed by atoms with E-state index in [1.807, 2.05) is 52.0 Å². The van der Waals surface area contributed by atoms with Crippen molar-refractivity contribution < 1.29 is 19.1 Å². The molecule has 0 bridgehead atoms. The quantitative estimate of drug-likeness (QED) is 0.852. The number of rotatable bonds is 4. The van der Waals surface area contributed by atoms with Gasteiger partial charge in [-0.2, -0.15) is 9.59 Å². The van der Waals surface area contributed by atoms with E-state index in [4.69, 9.17) is 30.7 Å². The molecule has 0 aliphatic heterocycles. The van der Waals surface area contributed by atoms with E-state index in [0.29, 0.717) is 17.4 Å². The molecule has 0 amide bonds. The number of halogens is 1. The lowest BCUT2D eigenvalue weighted by atomic mass is 10.2. The first-order valence-corrected chi connectivity index (χ1v) is 6.22. The van der Waals surface area contributed by atoms with Crippen molar-refractivity contribution >= 4 is 17.8 Å². The summed E-state index contributed by atoms with van der Waals surface area (Å²) in [7, 11) is 0. The summed E-state index contributed by atoms with van der Waals surface area (Å²) in [5.74, 6) is 0.703. The predicted octanol–water partition coefficient (Wildman–Crippen LogP) is 3.34. The summed E-state index contributed by atoms with van der Waals surface area (Å²) in [6.45, 7) is 8.59. The van der Waals surface area contributed by atoms with E-state index in [-0.39, 0.29) is 17.9 Å². The molecule has 0 fully saturated rings. The Morgan fingerprint density at radius 1 is 1.26 bits per heavy atom. The molecule has 1 atom stereocenters. The predicted molar refractivity (Wildman–Crippen MR) is 72.3 cm³/mol. The molecular formula is C14H19ClO4. The normalized spacial score (nSPS) is 11.8. The van der Waals surface area contributed by atoms with Crippen LogP contribution in [0.2, 0.25) is 5.02 Å². The second-order valence-corrected chi connectivity index (χ2v) is 5.27. The van der Waals surface area contributed by atoms with E-state index in [0.717, 1.165) is 0 Å². The van der Waals surface area contributed by atoms with Crippen LogP contribution in [0.5, 0.6) is 5.75 Å². The molecule has 1 rings (SSSR count). The highest BCUT2D eigenvalue weighted by atomic mass is 35.5. The number of carbonyl (C=O) groups excluding carboxylic acids is 2. The Bertz CT molecular complexity index is 406. The van der Waals surface area contributed by atoms with Crippen molar-refractivity contribution in [3.05, 3.63) is 29.3 Å². The van der Waals surface area contributed by atoms with E-state index in [1.165, 1.54) is 0 Å². The van der Waals surface area contributed by atoms with Crippen LogP contribution in [-0.4, -0.2) is 24.5 Å². The van der Waals surface area contributed by atoms with Crippen LogP contribution in [0.1, 0.15) is 27.7 Å². The number of ether oxygens (including phenoxy) is 2. The van der Waals surface area contributed by atoms with Gasteiger partial charge in [0, 0.05) is 0 Å². The van der Waals surface area contributed by atoms with Crippen LogP contribution in [-0.2, 0) is 14.3 Å². The minimum atomic E-state index is -0.141.